The van der Waals surface area contributed by atoms with Crippen LogP contribution in [0.25, 0.3) is 5.69 Å². The fourth-order valence-corrected chi connectivity index (χ4v) is 4.28. The SMILES string of the molecule is CC(=O)Nc1cc(Cl)c(N=Nc2c(C(=O)O)nn(-c3ccc(S(=O)(=O)O)cc3)c2O)c(S(=O)(=O)O)c1. The van der Waals surface area contributed by atoms with Crippen LogP contribution in [-0.2, 0) is 25.0 Å². The Morgan fingerprint density at radius 2 is 1.58 bits per heavy atom. The summed E-state index contributed by atoms with van der Waals surface area (Å²) in [7, 11) is -9.49. The molecule has 0 unspecified atom stereocenters. The molecule has 0 radical (unpaired) electrons. The maximum atomic E-state index is 11.8. The molecule has 1 heterocycles. The van der Waals surface area contributed by atoms with Gasteiger partial charge in [-0.25, -0.2) is 4.79 Å². The van der Waals surface area contributed by atoms with E-state index in [-0.39, 0.29) is 11.4 Å². The number of hydrogen-bond acceptors (Lipinski definition) is 10. The smallest absolute Gasteiger partial charge is 0.358 e. The Morgan fingerprint density at radius 1 is 1.00 bits per heavy atom. The Bertz CT molecular complexity index is 1630. The summed E-state index contributed by atoms with van der Waals surface area (Å²) in [5.74, 6) is -3.14. The number of carboxylic acids is 1. The number of carboxylic acid groups (broad SMARTS) is 1. The number of anilines is 1. The van der Waals surface area contributed by atoms with Crippen molar-refractivity contribution in [2.75, 3.05) is 5.32 Å². The average molecular weight is 560 g/mol. The first kappa shape index (κ1) is 26.7. The number of hydrogen-bond donors (Lipinski definition) is 5. The minimum atomic E-state index is -4.97. The van der Waals surface area contributed by atoms with Crippen LogP contribution in [0.2, 0.25) is 5.02 Å². The summed E-state index contributed by atoms with van der Waals surface area (Å²) in [4.78, 5) is 21.6. The molecule has 36 heavy (non-hydrogen) atoms. The third-order valence-corrected chi connectivity index (χ3v) is 6.32. The molecule has 0 fully saturated rings. The molecule has 3 rings (SSSR count). The minimum Gasteiger partial charge on any atom is -0.492 e. The van der Waals surface area contributed by atoms with Gasteiger partial charge in [0.15, 0.2) is 5.69 Å². The van der Waals surface area contributed by atoms with Crippen LogP contribution in [0, 0.1) is 0 Å². The lowest BCUT2D eigenvalue weighted by atomic mass is 10.3. The summed E-state index contributed by atoms with van der Waals surface area (Å²) >= 11 is 6.04. The van der Waals surface area contributed by atoms with Gasteiger partial charge >= 0.3 is 5.97 Å². The zero-order valence-electron chi connectivity index (χ0n) is 17.7. The molecular weight excluding hydrogens is 546 g/mol. The van der Waals surface area contributed by atoms with E-state index >= 15 is 0 Å². The first-order chi connectivity index (χ1) is 16.6. The summed E-state index contributed by atoms with van der Waals surface area (Å²) in [6.45, 7) is 1.14. The number of benzene rings is 2. The van der Waals surface area contributed by atoms with Gasteiger partial charge in [0.05, 0.1) is 15.6 Å². The number of nitrogens with one attached hydrogen (secondary N) is 1. The number of azo groups is 1. The number of rotatable bonds is 7. The number of aromatic hydroxyl groups is 1. The van der Waals surface area contributed by atoms with Crippen LogP contribution in [0.15, 0.2) is 56.4 Å². The minimum absolute atomic E-state index is 0.0415. The van der Waals surface area contributed by atoms with Crippen LogP contribution in [0.5, 0.6) is 5.88 Å². The number of nitrogens with zero attached hydrogens (tertiary/aromatic N) is 4. The van der Waals surface area contributed by atoms with Gasteiger partial charge in [0, 0.05) is 12.6 Å². The van der Waals surface area contributed by atoms with Gasteiger partial charge in [-0.05, 0) is 36.4 Å². The lowest BCUT2D eigenvalue weighted by Gasteiger charge is -2.08. The maximum Gasteiger partial charge on any atom is 0.358 e. The Hall–Kier alpha value is -3.90. The molecule has 1 amide bonds. The van der Waals surface area contributed by atoms with E-state index in [0.717, 1.165) is 43.3 Å². The molecule has 2 aromatic carbocycles. The molecule has 0 atom stereocenters. The van der Waals surface area contributed by atoms with Crippen LogP contribution in [0.3, 0.4) is 0 Å². The molecule has 0 aliphatic heterocycles. The maximum absolute atomic E-state index is 11.8. The highest BCUT2D eigenvalue weighted by molar-refractivity contribution is 7.86. The molecule has 190 valence electrons. The second kappa shape index (κ2) is 9.63. The standard InChI is InChI=1S/C18H14ClN5O10S2/c1-8(25)20-9-6-12(19)14(13(7-9)36(32,33)34)21-22-15-16(18(27)28)23-24(17(15)26)10-2-4-11(5-3-10)35(29,30)31/h2-7,26H,1H3,(H,20,25)(H,27,28)(H,29,30,31)(H,32,33,34). The third kappa shape index (κ3) is 5.66. The summed E-state index contributed by atoms with van der Waals surface area (Å²) in [5, 5.41) is 32.6. The van der Waals surface area contributed by atoms with Crippen LogP contribution >= 0.6 is 11.6 Å². The van der Waals surface area contributed by atoms with Gasteiger partial charge in [-0.15, -0.1) is 10.2 Å². The van der Waals surface area contributed by atoms with Crippen LogP contribution < -0.4 is 5.32 Å². The van der Waals surface area contributed by atoms with Crippen LogP contribution in [0.1, 0.15) is 17.4 Å². The number of amides is 1. The summed E-state index contributed by atoms with van der Waals surface area (Å²) in [6, 6.07) is 6.02. The van der Waals surface area contributed by atoms with E-state index in [0.29, 0.717) is 4.68 Å². The highest BCUT2D eigenvalue weighted by atomic mass is 35.5. The summed E-state index contributed by atoms with van der Waals surface area (Å²) < 4.78 is 65.4. The van der Waals surface area contributed by atoms with Crippen LogP contribution in [0.4, 0.5) is 17.1 Å². The van der Waals surface area contributed by atoms with E-state index in [1.54, 1.807) is 0 Å². The Labute approximate surface area is 207 Å². The Kier molecular flexibility index (Phi) is 7.14. The molecule has 5 N–H and O–H groups in total. The van der Waals surface area contributed by atoms with Gasteiger partial charge in [-0.1, -0.05) is 11.6 Å². The van der Waals surface area contributed by atoms with E-state index < -0.39 is 69.9 Å². The Balaban J connectivity index is 2.15. The van der Waals surface area contributed by atoms with E-state index in [4.69, 9.17) is 16.2 Å². The second-order valence-electron chi connectivity index (χ2n) is 6.87. The average Bonchev–Trinajstić information content (AvgIpc) is 3.07. The van der Waals surface area contributed by atoms with Crippen molar-refractivity contribution in [1.82, 2.24) is 9.78 Å². The van der Waals surface area contributed by atoms with Gasteiger partial charge in [0.1, 0.15) is 10.6 Å². The third-order valence-electron chi connectivity index (χ3n) is 4.30. The molecular formula is C18H14ClN5O10S2. The number of aromatic nitrogens is 2. The van der Waals surface area contributed by atoms with E-state index in [2.05, 4.69) is 20.6 Å². The quantitative estimate of drug-likeness (QED) is 0.208. The van der Waals surface area contributed by atoms with E-state index in [1.807, 2.05) is 0 Å². The van der Waals surface area contributed by atoms with Crippen molar-refractivity contribution in [3.63, 3.8) is 0 Å². The highest BCUT2D eigenvalue weighted by Crippen LogP contribution is 2.39. The number of carbonyl (C=O) groups is 2. The molecule has 0 aliphatic rings. The summed E-state index contributed by atoms with van der Waals surface area (Å²) in [6.07, 6.45) is 0. The van der Waals surface area contributed by atoms with Crippen molar-refractivity contribution < 1.29 is 45.7 Å². The largest absolute Gasteiger partial charge is 0.492 e. The van der Waals surface area contributed by atoms with Crippen molar-refractivity contribution in [2.45, 2.75) is 16.7 Å². The van der Waals surface area contributed by atoms with E-state index in [9.17, 15) is 41.2 Å². The molecule has 0 saturated carbocycles. The predicted molar refractivity (Wildman–Crippen MR) is 122 cm³/mol. The predicted octanol–water partition coefficient (Wildman–Crippen LogP) is 2.80. The molecule has 0 saturated heterocycles. The molecule has 0 aliphatic carbocycles. The van der Waals surface area contributed by atoms with Gasteiger partial charge in [0.25, 0.3) is 20.2 Å². The zero-order valence-corrected chi connectivity index (χ0v) is 20.1. The Morgan fingerprint density at radius 3 is 2.08 bits per heavy atom. The van der Waals surface area contributed by atoms with E-state index in [1.165, 1.54) is 0 Å². The molecule has 15 nitrogen and oxygen atoms in total. The molecule has 0 spiro atoms. The van der Waals surface area contributed by atoms with Crippen molar-refractivity contribution in [2.24, 2.45) is 10.2 Å². The monoisotopic (exact) mass is 559 g/mol. The van der Waals surface area contributed by atoms with Crippen molar-refractivity contribution in [3.05, 3.63) is 47.1 Å². The normalized spacial score (nSPS) is 12.1. The van der Waals surface area contributed by atoms with Gasteiger partial charge < -0.3 is 15.5 Å². The molecule has 1 aromatic heterocycles. The fourth-order valence-electron chi connectivity index (χ4n) is 2.82. The lowest BCUT2D eigenvalue weighted by Crippen LogP contribution is -2.07. The van der Waals surface area contributed by atoms with Gasteiger partial charge in [-0.2, -0.15) is 26.6 Å². The zero-order chi connectivity index (χ0) is 27.0. The van der Waals surface area contributed by atoms with Crippen molar-refractivity contribution >= 4 is 60.8 Å². The van der Waals surface area contributed by atoms with Crippen molar-refractivity contribution in [1.29, 1.82) is 0 Å². The van der Waals surface area contributed by atoms with Crippen LogP contribution in [-0.4, -0.2) is 57.8 Å². The number of carbonyl (C=O) groups excluding carboxylic acids is 1. The first-order valence-corrected chi connectivity index (χ1v) is 12.5. The fraction of sp³-hybridized carbons (Fsp3) is 0.0556. The second-order valence-corrected chi connectivity index (χ2v) is 10.1. The highest BCUT2D eigenvalue weighted by Gasteiger charge is 2.25. The number of halogens is 1. The van der Waals surface area contributed by atoms with Gasteiger partial charge in [0.2, 0.25) is 17.5 Å². The number of aromatic carboxylic acids is 1. The van der Waals surface area contributed by atoms with Gasteiger partial charge in [-0.3, -0.25) is 13.9 Å². The molecule has 3 aromatic rings. The van der Waals surface area contributed by atoms with Crippen molar-refractivity contribution in [3.8, 4) is 11.6 Å². The molecule has 0 bridgehead atoms. The first-order valence-electron chi connectivity index (χ1n) is 9.23. The lowest BCUT2D eigenvalue weighted by molar-refractivity contribution is -0.114. The molecule has 18 heteroatoms. The topological polar surface area (TPSA) is 238 Å². The summed E-state index contributed by atoms with van der Waals surface area (Å²) in [5.41, 5.74) is -2.37.